The summed E-state index contributed by atoms with van der Waals surface area (Å²) in [4.78, 5) is 43.0. The standard InChI is InChI=1S/C23H21F3N4O3S/c1-14-12-18(31)20(27-30(14)17-5-3-4-16(13-17)23(24,25)26)22(33)29-10-8-28(9-11-29)21(32)19-7-6-15(2)34-19/h3-7,12-13H,8-11H2,1-2H3. The van der Waals surface area contributed by atoms with Gasteiger partial charge in [0.1, 0.15) is 0 Å². The van der Waals surface area contributed by atoms with Crippen LogP contribution in [0.2, 0.25) is 0 Å². The van der Waals surface area contributed by atoms with Crippen LogP contribution >= 0.6 is 11.3 Å². The van der Waals surface area contributed by atoms with Crippen molar-refractivity contribution in [2.24, 2.45) is 0 Å². The van der Waals surface area contributed by atoms with E-state index in [0.717, 1.165) is 21.7 Å². The maximum atomic E-state index is 13.1. The minimum absolute atomic E-state index is 0.0861. The molecule has 0 saturated carbocycles. The molecule has 1 aliphatic rings. The lowest BCUT2D eigenvalue weighted by atomic mass is 10.2. The van der Waals surface area contributed by atoms with Crippen LogP contribution in [0.15, 0.2) is 47.3 Å². The number of rotatable bonds is 3. The Morgan fingerprint density at radius 3 is 2.18 bits per heavy atom. The molecular weight excluding hydrogens is 469 g/mol. The van der Waals surface area contributed by atoms with Gasteiger partial charge >= 0.3 is 6.18 Å². The smallest absolute Gasteiger partial charge is 0.334 e. The molecular formula is C23H21F3N4O3S. The molecule has 0 atom stereocenters. The maximum absolute atomic E-state index is 13.1. The van der Waals surface area contributed by atoms with Crippen LogP contribution < -0.4 is 5.43 Å². The number of nitrogens with zero attached hydrogens (tertiary/aromatic N) is 4. The summed E-state index contributed by atoms with van der Waals surface area (Å²) in [6.07, 6.45) is -4.54. The number of piperazine rings is 1. The van der Waals surface area contributed by atoms with Gasteiger partial charge in [-0.3, -0.25) is 14.4 Å². The van der Waals surface area contributed by atoms with Gasteiger partial charge in [0.25, 0.3) is 11.8 Å². The van der Waals surface area contributed by atoms with Crippen LogP contribution in [0.4, 0.5) is 13.2 Å². The summed E-state index contributed by atoms with van der Waals surface area (Å²) in [6.45, 7) is 4.48. The van der Waals surface area contributed by atoms with Crippen molar-refractivity contribution >= 4 is 23.2 Å². The van der Waals surface area contributed by atoms with Crippen LogP contribution in [0, 0.1) is 13.8 Å². The molecule has 178 valence electrons. The van der Waals surface area contributed by atoms with E-state index in [1.54, 1.807) is 11.0 Å². The molecule has 2 amide bonds. The number of alkyl halides is 3. The molecule has 7 nitrogen and oxygen atoms in total. The lowest BCUT2D eigenvalue weighted by molar-refractivity contribution is -0.137. The quantitative estimate of drug-likeness (QED) is 0.563. The highest BCUT2D eigenvalue weighted by Gasteiger charge is 2.31. The van der Waals surface area contributed by atoms with Crippen molar-refractivity contribution in [3.05, 3.63) is 79.4 Å². The fourth-order valence-corrected chi connectivity index (χ4v) is 4.57. The van der Waals surface area contributed by atoms with Crippen LogP contribution in [0.25, 0.3) is 5.69 Å². The fraction of sp³-hybridized carbons (Fsp3) is 0.304. The predicted octanol–water partition coefficient (Wildman–Crippen LogP) is 3.53. The maximum Gasteiger partial charge on any atom is 0.416 e. The summed E-state index contributed by atoms with van der Waals surface area (Å²) in [5, 5.41) is 4.11. The van der Waals surface area contributed by atoms with Crippen molar-refractivity contribution in [1.29, 1.82) is 0 Å². The van der Waals surface area contributed by atoms with E-state index in [4.69, 9.17) is 0 Å². The van der Waals surface area contributed by atoms with Crippen molar-refractivity contribution in [1.82, 2.24) is 19.6 Å². The first-order valence-electron chi connectivity index (χ1n) is 10.5. The zero-order valence-corrected chi connectivity index (χ0v) is 19.2. The summed E-state index contributed by atoms with van der Waals surface area (Å²) in [7, 11) is 0. The number of benzene rings is 1. The first-order valence-corrected chi connectivity index (χ1v) is 11.3. The SMILES string of the molecule is Cc1ccc(C(=O)N2CCN(C(=O)c3nn(-c4cccc(C(F)(F)F)c4)c(C)cc3=O)CC2)s1. The highest BCUT2D eigenvalue weighted by Crippen LogP contribution is 2.30. The molecule has 0 N–H and O–H groups in total. The molecule has 1 saturated heterocycles. The van der Waals surface area contributed by atoms with Gasteiger partial charge in [-0.1, -0.05) is 6.07 Å². The van der Waals surface area contributed by atoms with Gasteiger partial charge in [0.15, 0.2) is 5.69 Å². The molecule has 0 aliphatic carbocycles. The topological polar surface area (TPSA) is 75.5 Å². The highest BCUT2D eigenvalue weighted by molar-refractivity contribution is 7.13. The molecule has 1 fully saturated rings. The molecule has 1 aliphatic heterocycles. The number of halogens is 3. The molecule has 0 unspecified atom stereocenters. The molecule has 3 heterocycles. The van der Waals surface area contributed by atoms with Crippen LogP contribution in [-0.2, 0) is 6.18 Å². The third-order valence-electron chi connectivity index (χ3n) is 5.53. The van der Waals surface area contributed by atoms with Gasteiger partial charge < -0.3 is 9.80 Å². The Bertz CT molecular complexity index is 1310. The van der Waals surface area contributed by atoms with Crippen LogP contribution in [0.5, 0.6) is 0 Å². The number of amides is 2. The zero-order chi connectivity index (χ0) is 24.6. The molecule has 3 aromatic rings. The van der Waals surface area contributed by atoms with E-state index in [2.05, 4.69) is 5.10 Å². The lowest BCUT2D eigenvalue weighted by Gasteiger charge is -2.34. The first kappa shape index (κ1) is 23.7. The molecule has 0 bridgehead atoms. The van der Waals surface area contributed by atoms with Crippen molar-refractivity contribution < 1.29 is 22.8 Å². The van der Waals surface area contributed by atoms with Crippen molar-refractivity contribution in [3.63, 3.8) is 0 Å². The monoisotopic (exact) mass is 490 g/mol. The molecule has 2 aromatic heterocycles. The zero-order valence-electron chi connectivity index (χ0n) is 18.4. The Labute approximate surface area is 197 Å². The summed E-state index contributed by atoms with van der Waals surface area (Å²) in [6, 6.07) is 9.33. The number of thiophene rings is 1. The Hall–Kier alpha value is -3.47. The third kappa shape index (κ3) is 4.74. The Morgan fingerprint density at radius 2 is 1.59 bits per heavy atom. The largest absolute Gasteiger partial charge is 0.416 e. The average Bonchev–Trinajstić information content (AvgIpc) is 3.24. The number of carbonyl (C=O) groups is 2. The minimum Gasteiger partial charge on any atom is -0.334 e. The Kier molecular flexibility index (Phi) is 6.30. The fourth-order valence-electron chi connectivity index (χ4n) is 3.74. The number of aryl methyl sites for hydroxylation is 2. The Morgan fingerprint density at radius 1 is 0.941 bits per heavy atom. The van der Waals surface area contributed by atoms with Gasteiger partial charge in [0.2, 0.25) is 5.43 Å². The van der Waals surface area contributed by atoms with Gasteiger partial charge in [0, 0.05) is 42.8 Å². The summed E-state index contributed by atoms with van der Waals surface area (Å²) >= 11 is 1.40. The molecule has 0 spiro atoms. The normalized spacial score (nSPS) is 14.4. The van der Waals surface area contributed by atoms with Crippen LogP contribution in [0.1, 0.15) is 36.3 Å². The second-order valence-electron chi connectivity index (χ2n) is 7.95. The molecule has 1 aromatic carbocycles. The summed E-state index contributed by atoms with van der Waals surface area (Å²) < 4.78 is 40.5. The van der Waals surface area contributed by atoms with Gasteiger partial charge in [-0.15, -0.1) is 11.3 Å². The third-order valence-corrected chi connectivity index (χ3v) is 6.52. The van der Waals surface area contributed by atoms with E-state index in [1.165, 1.54) is 41.4 Å². The van der Waals surface area contributed by atoms with Gasteiger partial charge in [-0.2, -0.15) is 18.3 Å². The van der Waals surface area contributed by atoms with Crippen molar-refractivity contribution in [2.45, 2.75) is 20.0 Å². The summed E-state index contributed by atoms with van der Waals surface area (Å²) in [5.74, 6) is -0.727. The van der Waals surface area contributed by atoms with E-state index in [0.29, 0.717) is 23.7 Å². The highest BCUT2D eigenvalue weighted by atomic mass is 32.1. The molecule has 4 rings (SSSR count). The minimum atomic E-state index is -4.54. The van der Waals surface area contributed by atoms with E-state index in [1.807, 2.05) is 13.0 Å². The van der Waals surface area contributed by atoms with Gasteiger partial charge in [0.05, 0.1) is 16.1 Å². The lowest BCUT2D eigenvalue weighted by Crippen LogP contribution is -2.51. The number of carbonyl (C=O) groups excluding carboxylic acids is 2. The summed E-state index contributed by atoms with van der Waals surface area (Å²) in [5.41, 5.74) is -1.47. The first-order chi connectivity index (χ1) is 16.0. The average molecular weight is 491 g/mol. The Balaban J connectivity index is 1.54. The number of aromatic nitrogens is 2. The van der Waals surface area contributed by atoms with Gasteiger partial charge in [-0.05, 0) is 44.2 Å². The van der Waals surface area contributed by atoms with E-state index in [-0.39, 0.29) is 30.4 Å². The second kappa shape index (κ2) is 9.05. The van der Waals surface area contributed by atoms with Gasteiger partial charge in [-0.25, -0.2) is 4.68 Å². The van der Waals surface area contributed by atoms with Crippen molar-refractivity contribution in [3.8, 4) is 5.69 Å². The van der Waals surface area contributed by atoms with Crippen molar-refractivity contribution in [2.75, 3.05) is 26.2 Å². The van der Waals surface area contributed by atoms with Crippen LogP contribution in [-0.4, -0.2) is 57.6 Å². The molecule has 34 heavy (non-hydrogen) atoms. The van der Waals surface area contributed by atoms with E-state index < -0.39 is 23.1 Å². The molecule has 11 heteroatoms. The van der Waals surface area contributed by atoms with E-state index >= 15 is 0 Å². The number of hydrogen-bond acceptors (Lipinski definition) is 5. The predicted molar refractivity (Wildman–Crippen MR) is 120 cm³/mol. The second-order valence-corrected chi connectivity index (χ2v) is 9.24. The van der Waals surface area contributed by atoms with E-state index in [9.17, 15) is 27.6 Å². The number of hydrogen-bond donors (Lipinski definition) is 0. The molecule has 0 radical (unpaired) electrons. The van der Waals surface area contributed by atoms with Crippen LogP contribution in [0.3, 0.4) is 0 Å².